The molecule has 3 rings (SSSR count). The van der Waals surface area contributed by atoms with Crippen LogP contribution in [0, 0.1) is 5.41 Å². The zero-order chi connectivity index (χ0) is 15.7. The normalized spacial score (nSPS) is 17.0. The van der Waals surface area contributed by atoms with E-state index in [1.807, 2.05) is 26.8 Å². The number of amides is 1. The van der Waals surface area contributed by atoms with Crippen LogP contribution in [0.25, 0.3) is 10.2 Å². The van der Waals surface area contributed by atoms with Crippen LogP contribution < -0.4 is 10.2 Å². The molecule has 1 amide bonds. The van der Waals surface area contributed by atoms with Crippen LogP contribution in [0.4, 0.5) is 5.13 Å². The van der Waals surface area contributed by atoms with Crippen LogP contribution in [-0.4, -0.2) is 30.0 Å². The summed E-state index contributed by atoms with van der Waals surface area (Å²) in [5, 5.41) is 4.27. The molecule has 4 nitrogen and oxygen atoms in total. The molecule has 0 aliphatic carbocycles. The van der Waals surface area contributed by atoms with E-state index in [1.165, 1.54) is 4.70 Å². The second kappa shape index (κ2) is 5.88. The van der Waals surface area contributed by atoms with E-state index in [1.54, 1.807) is 11.3 Å². The fourth-order valence-electron chi connectivity index (χ4n) is 2.61. The molecule has 0 spiro atoms. The largest absolute Gasteiger partial charge is 0.353 e. The quantitative estimate of drug-likeness (QED) is 0.923. The summed E-state index contributed by atoms with van der Waals surface area (Å²) in [4.78, 5) is 19.1. The first-order valence-electron chi connectivity index (χ1n) is 7.85. The van der Waals surface area contributed by atoms with Gasteiger partial charge in [-0.15, -0.1) is 0 Å². The first-order chi connectivity index (χ1) is 10.4. The van der Waals surface area contributed by atoms with E-state index in [4.69, 9.17) is 4.98 Å². The Hall–Kier alpha value is -1.62. The van der Waals surface area contributed by atoms with Crippen molar-refractivity contribution in [3.63, 3.8) is 0 Å². The van der Waals surface area contributed by atoms with Crippen LogP contribution in [0.2, 0.25) is 0 Å². The number of aromatic nitrogens is 1. The maximum Gasteiger partial charge on any atom is 0.225 e. The number of para-hydroxylation sites is 1. The van der Waals surface area contributed by atoms with Crippen molar-refractivity contribution in [1.82, 2.24) is 10.3 Å². The van der Waals surface area contributed by atoms with Crippen molar-refractivity contribution in [2.24, 2.45) is 5.41 Å². The lowest BCUT2D eigenvalue weighted by Gasteiger charge is -2.33. The molecule has 0 atom stereocenters. The third-order valence-corrected chi connectivity index (χ3v) is 5.16. The highest BCUT2D eigenvalue weighted by molar-refractivity contribution is 7.22. The molecule has 1 aliphatic heterocycles. The molecule has 1 saturated heterocycles. The van der Waals surface area contributed by atoms with Gasteiger partial charge in [-0.1, -0.05) is 44.2 Å². The van der Waals surface area contributed by atoms with Crippen LogP contribution in [0.5, 0.6) is 0 Å². The van der Waals surface area contributed by atoms with E-state index >= 15 is 0 Å². The second-order valence-electron chi connectivity index (χ2n) is 6.95. The smallest absolute Gasteiger partial charge is 0.225 e. The highest BCUT2D eigenvalue weighted by Gasteiger charge is 2.27. The summed E-state index contributed by atoms with van der Waals surface area (Å²) in [6.07, 6.45) is 1.97. The van der Waals surface area contributed by atoms with Crippen LogP contribution in [-0.2, 0) is 4.79 Å². The molecule has 5 heteroatoms. The molecule has 1 aromatic carbocycles. The number of hydrogen-bond donors (Lipinski definition) is 1. The van der Waals surface area contributed by atoms with Gasteiger partial charge in [-0.2, -0.15) is 0 Å². The fraction of sp³-hybridized carbons (Fsp3) is 0.529. The number of nitrogens with one attached hydrogen (secondary N) is 1. The van der Waals surface area contributed by atoms with Gasteiger partial charge >= 0.3 is 0 Å². The average molecular weight is 317 g/mol. The standard InChI is InChI=1S/C17H23N3OS/c1-17(2,3)15(21)18-12-8-10-20(11-9-12)16-19-13-6-4-5-7-14(13)22-16/h4-7,12H,8-11H2,1-3H3,(H,18,21). The number of carbonyl (C=O) groups is 1. The van der Waals surface area contributed by atoms with Gasteiger partial charge in [0.1, 0.15) is 0 Å². The highest BCUT2D eigenvalue weighted by Crippen LogP contribution is 2.30. The third-order valence-electron chi connectivity index (χ3n) is 4.06. The van der Waals surface area contributed by atoms with Crippen LogP contribution >= 0.6 is 11.3 Å². The zero-order valence-electron chi connectivity index (χ0n) is 13.4. The number of carbonyl (C=O) groups excluding carboxylic acids is 1. The molecule has 1 aromatic heterocycles. The SMILES string of the molecule is CC(C)(C)C(=O)NC1CCN(c2nc3ccccc3s2)CC1. The van der Waals surface area contributed by atoms with Gasteiger partial charge in [0.15, 0.2) is 5.13 Å². The summed E-state index contributed by atoms with van der Waals surface area (Å²) in [6, 6.07) is 8.55. The predicted molar refractivity (Wildman–Crippen MR) is 92.5 cm³/mol. The number of thiazole rings is 1. The molecule has 0 unspecified atom stereocenters. The summed E-state index contributed by atoms with van der Waals surface area (Å²) < 4.78 is 1.24. The van der Waals surface area contributed by atoms with Gasteiger partial charge in [0.25, 0.3) is 0 Å². The molecular weight excluding hydrogens is 294 g/mol. The molecule has 2 aromatic rings. The average Bonchev–Trinajstić information content (AvgIpc) is 2.91. The van der Waals surface area contributed by atoms with Gasteiger partial charge in [-0.05, 0) is 25.0 Å². The molecule has 1 fully saturated rings. The van der Waals surface area contributed by atoms with E-state index < -0.39 is 0 Å². The minimum Gasteiger partial charge on any atom is -0.353 e. The summed E-state index contributed by atoms with van der Waals surface area (Å²) >= 11 is 1.75. The molecule has 0 radical (unpaired) electrons. The van der Waals surface area contributed by atoms with Gasteiger partial charge in [-0.3, -0.25) is 4.79 Å². The summed E-state index contributed by atoms with van der Waals surface area (Å²) in [5.74, 6) is 0.144. The first kappa shape index (κ1) is 15.3. The molecule has 118 valence electrons. The highest BCUT2D eigenvalue weighted by atomic mass is 32.1. The maximum atomic E-state index is 12.1. The number of benzene rings is 1. The Morgan fingerprint density at radius 1 is 1.27 bits per heavy atom. The molecule has 1 N–H and O–H groups in total. The van der Waals surface area contributed by atoms with Gasteiger partial charge in [0.05, 0.1) is 10.2 Å². The van der Waals surface area contributed by atoms with Gasteiger partial charge in [0.2, 0.25) is 5.91 Å². The van der Waals surface area contributed by atoms with E-state index in [0.29, 0.717) is 0 Å². The predicted octanol–water partition coefficient (Wildman–Crippen LogP) is 3.43. The Bertz CT molecular complexity index is 633. The van der Waals surface area contributed by atoms with Crippen molar-refractivity contribution < 1.29 is 4.79 Å². The molecule has 0 saturated carbocycles. The molecule has 0 bridgehead atoms. The molecule has 22 heavy (non-hydrogen) atoms. The van der Waals surface area contributed by atoms with Gasteiger partial charge < -0.3 is 10.2 Å². The van der Waals surface area contributed by atoms with Crippen molar-refractivity contribution in [3.8, 4) is 0 Å². The number of hydrogen-bond acceptors (Lipinski definition) is 4. The number of anilines is 1. The summed E-state index contributed by atoms with van der Waals surface area (Å²) in [6.45, 7) is 7.78. The van der Waals surface area contributed by atoms with E-state index in [-0.39, 0.29) is 17.4 Å². The van der Waals surface area contributed by atoms with Crippen molar-refractivity contribution in [2.75, 3.05) is 18.0 Å². The lowest BCUT2D eigenvalue weighted by molar-refractivity contribution is -0.129. The Labute approximate surface area is 135 Å². The van der Waals surface area contributed by atoms with Crippen molar-refractivity contribution in [3.05, 3.63) is 24.3 Å². The summed E-state index contributed by atoms with van der Waals surface area (Å²) in [7, 11) is 0. The second-order valence-corrected chi connectivity index (χ2v) is 7.96. The van der Waals surface area contributed by atoms with Crippen molar-refractivity contribution in [1.29, 1.82) is 0 Å². The monoisotopic (exact) mass is 317 g/mol. The zero-order valence-corrected chi connectivity index (χ0v) is 14.2. The minimum absolute atomic E-state index is 0.144. The Kier molecular flexibility index (Phi) is 4.08. The fourth-order valence-corrected chi connectivity index (χ4v) is 3.63. The number of nitrogens with zero attached hydrogens (tertiary/aromatic N) is 2. The van der Waals surface area contributed by atoms with Crippen LogP contribution in [0.1, 0.15) is 33.6 Å². The topological polar surface area (TPSA) is 45.2 Å². The van der Waals surface area contributed by atoms with Gasteiger partial charge in [0, 0.05) is 24.5 Å². The van der Waals surface area contributed by atoms with E-state index in [9.17, 15) is 4.79 Å². The van der Waals surface area contributed by atoms with Gasteiger partial charge in [-0.25, -0.2) is 4.98 Å². The lowest BCUT2D eigenvalue weighted by Crippen LogP contribution is -2.47. The minimum atomic E-state index is -0.315. The van der Waals surface area contributed by atoms with E-state index in [0.717, 1.165) is 36.6 Å². The number of piperidine rings is 1. The summed E-state index contributed by atoms with van der Waals surface area (Å²) in [5.41, 5.74) is 0.759. The molecule has 2 heterocycles. The Balaban J connectivity index is 1.61. The maximum absolute atomic E-state index is 12.1. The molecular formula is C17H23N3OS. The molecule has 1 aliphatic rings. The van der Waals surface area contributed by atoms with Crippen molar-refractivity contribution >= 4 is 32.6 Å². The van der Waals surface area contributed by atoms with Crippen LogP contribution in [0.15, 0.2) is 24.3 Å². The van der Waals surface area contributed by atoms with Crippen molar-refractivity contribution in [2.45, 2.75) is 39.7 Å². The first-order valence-corrected chi connectivity index (χ1v) is 8.66. The number of fused-ring (bicyclic) bond motifs is 1. The Morgan fingerprint density at radius 3 is 2.59 bits per heavy atom. The Morgan fingerprint density at radius 2 is 1.95 bits per heavy atom. The third kappa shape index (κ3) is 3.24. The van der Waals surface area contributed by atoms with Crippen LogP contribution in [0.3, 0.4) is 0 Å². The number of rotatable bonds is 2. The van der Waals surface area contributed by atoms with E-state index in [2.05, 4.69) is 28.4 Å². The lowest BCUT2D eigenvalue weighted by atomic mass is 9.94.